The van der Waals surface area contributed by atoms with Gasteiger partial charge in [-0.15, -0.1) is 0 Å². The monoisotopic (exact) mass is 255 g/mol. The molecule has 0 heterocycles. The molecule has 0 saturated heterocycles. The Balaban J connectivity index is 2.25. The van der Waals surface area contributed by atoms with Gasteiger partial charge in [-0.2, -0.15) is 0 Å². The normalized spacial score (nSPS) is 11.8. The predicted molar refractivity (Wildman–Crippen MR) is 71.4 cm³/mol. The van der Waals surface area contributed by atoms with E-state index in [0.29, 0.717) is 30.1 Å². The molecular weight excluding hydrogens is 238 g/mol. The first-order valence-corrected chi connectivity index (χ1v) is 7.01. The minimum absolute atomic E-state index is 0.267. The van der Waals surface area contributed by atoms with Crippen LogP contribution in [0.5, 0.6) is 0 Å². The Morgan fingerprint density at radius 3 is 2.59 bits per heavy atom. The number of amides is 2. The Labute approximate surface area is 103 Å². The van der Waals surface area contributed by atoms with Crippen LogP contribution in [-0.4, -0.2) is 28.8 Å². The average Bonchev–Trinajstić information content (AvgIpc) is 2.27. The molecule has 1 atom stereocenters. The summed E-state index contributed by atoms with van der Waals surface area (Å²) in [6, 6.07) is 6.63. The van der Waals surface area contributed by atoms with Gasteiger partial charge in [0.25, 0.3) is 0 Å². The number of nitrogens with two attached hydrogens (primary N) is 1. The Morgan fingerprint density at radius 1 is 1.35 bits per heavy atom. The molecule has 17 heavy (non-hydrogen) atoms. The summed E-state index contributed by atoms with van der Waals surface area (Å²) < 4.78 is 10.8. The molecule has 2 amide bonds. The number of urea groups is 1. The van der Waals surface area contributed by atoms with E-state index >= 15 is 0 Å². The fourth-order valence-corrected chi connectivity index (χ4v) is 1.77. The van der Waals surface area contributed by atoms with Crippen LogP contribution in [0.15, 0.2) is 24.3 Å². The zero-order valence-electron chi connectivity index (χ0n) is 9.73. The summed E-state index contributed by atoms with van der Waals surface area (Å²) in [6.07, 6.45) is 2.35. The van der Waals surface area contributed by atoms with Crippen molar-refractivity contribution in [3.05, 3.63) is 24.3 Å². The van der Waals surface area contributed by atoms with Crippen LogP contribution in [-0.2, 0) is 10.8 Å². The van der Waals surface area contributed by atoms with Crippen LogP contribution < -0.4 is 16.4 Å². The van der Waals surface area contributed by atoms with Crippen molar-refractivity contribution < 1.29 is 9.00 Å². The molecular formula is C11H17N3O2S. The highest BCUT2D eigenvalue weighted by molar-refractivity contribution is 7.84. The van der Waals surface area contributed by atoms with Crippen molar-refractivity contribution in [3.8, 4) is 0 Å². The summed E-state index contributed by atoms with van der Waals surface area (Å²) in [7, 11) is -0.806. The third-order valence-corrected chi connectivity index (χ3v) is 2.93. The first-order chi connectivity index (χ1) is 8.08. The maximum Gasteiger partial charge on any atom is 0.319 e. The largest absolute Gasteiger partial charge is 0.399 e. The quantitative estimate of drug-likeness (QED) is 0.545. The first-order valence-electron chi connectivity index (χ1n) is 5.28. The number of anilines is 2. The minimum Gasteiger partial charge on any atom is -0.399 e. The van der Waals surface area contributed by atoms with Gasteiger partial charge in [0, 0.05) is 40.7 Å². The van der Waals surface area contributed by atoms with Crippen LogP contribution in [0, 0.1) is 0 Å². The molecule has 1 aromatic carbocycles. The summed E-state index contributed by atoms with van der Waals surface area (Å²) >= 11 is 0. The lowest BCUT2D eigenvalue weighted by Gasteiger charge is -2.07. The summed E-state index contributed by atoms with van der Waals surface area (Å²) in [5, 5.41) is 5.36. The second-order valence-corrected chi connectivity index (χ2v) is 5.19. The van der Waals surface area contributed by atoms with E-state index in [2.05, 4.69) is 10.6 Å². The molecule has 0 spiro atoms. The lowest BCUT2D eigenvalue weighted by molar-refractivity contribution is 0.252. The number of nitrogen functional groups attached to an aromatic ring is 1. The van der Waals surface area contributed by atoms with Crippen LogP contribution in [0.1, 0.15) is 6.42 Å². The van der Waals surface area contributed by atoms with Crippen molar-refractivity contribution in [1.29, 1.82) is 0 Å². The number of hydrogen-bond acceptors (Lipinski definition) is 3. The number of hydrogen-bond donors (Lipinski definition) is 3. The zero-order valence-corrected chi connectivity index (χ0v) is 10.5. The van der Waals surface area contributed by atoms with E-state index in [0.717, 1.165) is 0 Å². The van der Waals surface area contributed by atoms with Gasteiger partial charge >= 0.3 is 6.03 Å². The number of carbonyl (C=O) groups is 1. The molecule has 5 nitrogen and oxygen atoms in total. The molecule has 6 heteroatoms. The van der Waals surface area contributed by atoms with Crippen LogP contribution in [0.25, 0.3) is 0 Å². The van der Waals surface area contributed by atoms with Crippen LogP contribution >= 0.6 is 0 Å². The molecule has 0 aliphatic carbocycles. The van der Waals surface area contributed by atoms with Gasteiger partial charge in [-0.1, -0.05) is 0 Å². The minimum atomic E-state index is -0.806. The van der Waals surface area contributed by atoms with Crippen molar-refractivity contribution in [2.45, 2.75) is 6.42 Å². The Kier molecular flexibility index (Phi) is 5.48. The molecule has 0 radical (unpaired) electrons. The average molecular weight is 255 g/mol. The smallest absolute Gasteiger partial charge is 0.319 e. The zero-order chi connectivity index (χ0) is 12.7. The topological polar surface area (TPSA) is 84.2 Å². The van der Waals surface area contributed by atoms with Crippen molar-refractivity contribution in [2.24, 2.45) is 0 Å². The molecule has 1 rings (SSSR count). The lowest BCUT2D eigenvalue weighted by Crippen LogP contribution is -2.30. The molecule has 4 N–H and O–H groups in total. The van der Waals surface area contributed by atoms with Crippen LogP contribution in [0.4, 0.5) is 16.2 Å². The fourth-order valence-electron chi connectivity index (χ4n) is 1.22. The van der Waals surface area contributed by atoms with Gasteiger partial charge in [0.2, 0.25) is 0 Å². The van der Waals surface area contributed by atoms with Gasteiger partial charge in [0.05, 0.1) is 0 Å². The molecule has 0 aromatic heterocycles. The second kappa shape index (κ2) is 6.90. The van der Waals surface area contributed by atoms with Gasteiger partial charge in [0.15, 0.2) is 0 Å². The van der Waals surface area contributed by atoms with Gasteiger partial charge < -0.3 is 16.4 Å². The molecule has 0 saturated carbocycles. The standard InChI is InChI=1S/C11H17N3O2S/c1-17(16)8-2-7-13-11(15)14-10-5-3-9(12)4-6-10/h3-6H,2,7-8,12H2,1H3,(H2,13,14,15). The van der Waals surface area contributed by atoms with Gasteiger partial charge in [-0.25, -0.2) is 4.79 Å². The molecule has 1 unspecified atom stereocenters. The van der Waals surface area contributed by atoms with E-state index in [1.807, 2.05) is 0 Å². The summed E-state index contributed by atoms with van der Waals surface area (Å²) in [4.78, 5) is 11.4. The number of nitrogens with one attached hydrogen (secondary N) is 2. The van der Waals surface area contributed by atoms with E-state index in [-0.39, 0.29) is 6.03 Å². The molecule has 0 bridgehead atoms. The van der Waals surface area contributed by atoms with Gasteiger partial charge in [-0.05, 0) is 30.7 Å². The Hall–Kier alpha value is -1.56. The summed E-state index contributed by atoms with van der Waals surface area (Å²) in [6.45, 7) is 0.514. The second-order valence-electron chi connectivity index (χ2n) is 3.63. The van der Waals surface area contributed by atoms with Crippen molar-refractivity contribution >= 4 is 28.2 Å². The predicted octanol–water partition coefficient (Wildman–Crippen LogP) is 1.16. The third-order valence-electron chi connectivity index (χ3n) is 2.06. The summed E-state index contributed by atoms with van der Waals surface area (Å²) in [5.74, 6) is 0.599. The van der Waals surface area contributed by atoms with Crippen LogP contribution in [0.2, 0.25) is 0 Å². The van der Waals surface area contributed by atoms with Crippen LogP contribution in [0.3, 0.4) is 0 Å². The molecule has 0 aliphatic rings. The van der Waals surface area contributed by atoms with E-state index in [9.17, 15) is 9.00 Å². The molecule has 0 fully saturated rings. The number of carbonyl (C=O) groups excluding carboxylic acids is 1. The lowest BCUT2D eigenvalue weighted by atomic mass is 10.3. The first kappa shape index (κ1) is 13.5. The molecule has 94 valence electrons. The third kappa shape index (κ3) is 5.91. The van der Waals surface area contributed by atoms with Crippen molar-refractivity contribution in [3.63, 3.8) is 0 Å². The van der Waals surface area contributed by atoms with E-state index in [1.54, 1.807) is 30.5 Å². The molecule has 1 aromatic rings. The Morgan fingerprint density at radius 2 is 2.00 bits per heavy atom. The number of rotatable bonds is 5. The highest BCUT2D eigenvalue weighted by atomic mass is 32.2. The van der Waals surface area contributed by atoms with E-state index < -0.39 is 10.8 Å². The fraction of sp³-hybridized carbons (Fsp3) is 0.364. The highest BCUT2D eigenvalue weighted by Crippen LogP contribution is 2.09. The molecule has 0 aliphatic heterocycles. The van der Waals surface area contributed by atoms with E-state index in [1.165, 1.54) is 0 Å². The SMILES string of the molecule is CS(=O)CCCNC(=O)Nc1ccc(N)cc1. The number of benzene rings is 1. The van der Waals surface area contributed by atoms with Crippen molar-refractivity contribution in [2.75, 3.05) is 29.6 Å². The maximum absolute atomic E-state index is 11.4. The van der Waals surface area contributed by atoms with Crippen molar-refractivity contribution in [1.82, 2.24) is 5.32 Å². The Bertz CT molecular complexity index is 392. The van der Waals surface area contributed by atoms with Gasteiger partial charge in [-0.3, -0.25) is 4.21 Å². The van der Waals surface area contributed by atoms with Gasteiger partial charge in [0.1, 0.15) is 0 Å². The summed E-state index contributed by atoms with van der Waals surface area (Å²) in [5.41, 5.74) is 6.87. The van der Waals surface area contributed by atoms with E-state index in [4.69, 9.17) is 5.73 Å². The maximum atomic E-state index is 11.4. The highest BCUT2D eigenvalue weighted by Gasteiger charge is 2.00.